The molecule has 1 aromatic heterocycles. The molecule has 126 valence electrons. The Morgan fingerprint density at radius 1 is 1.28 bits per heavy atom. The standard InChI is InChI=1S/C18H15N3O4/c1-25-13-3-5-17-11(8-13)6-7-20(17)18(22)15-10-19-16-9-12(21(23)24)2-4-14(15)16/h2-5,8-10,19H,6-7H2,1H3. The summed E-state index contributed by atoms with van der Waals surface area (Å²) in [5.74, 6) is 0.650. The third kappa shape index (κ3) is 2.40. The third-order valence-electron chi connectivity index (χ3n) is 4.53. The molecule has 7 heteroatoms. The van der Waals surface area contributed by atoms with E-state index in [1.807, 2.05) is 18.2 Å². The van der Waals surface area contributed by atoms with Crippen LogP contribution in [0.4, 0.5) is 11.4 Å². The van der Waals surface area contributed by atoms with E-state index in [2.05, 4.69) is 4.98 Å². The Morgan fingerprint density at radius 3 is 2.88 bits per heavy atom. The van der Waals surface area contributed by atoms with Gasteiger partial charge in [0.2, 0.25) is 0 Å². The molecule has 0 radical (unpaired) electrons. The largest absolute Gasteiger partial charge is 0.497 e. The van der Waals surface area contributed by atoms with Crippen LogP contribution in [-0.4, -0.2) is 29.5 Å². The van der Waals surface area contributed by atoms with Crippen molar-refractivity contribution in [3.8, 4) is 5.75 Å². The van der Waals surface area contributed by atoms with Gasteiger partial charge in [-0.05, 0) is 36.2 Å². The Morgan fingerprint density at radius 2 is 2.12 bits per heavy atom. The summed E-state index contributed by atoms with van der Waals surface area (Å²) in [5, 5.41) is 11.6. The maximum absolute atomic E-state index is 13.0. The Labute approximate surface area is 143 Å². The second-order valence-corrected chi connectivity index (χ2v) is 5.89. The van der Waals surface area contributed by atoms with Crippen LogP contribution in [0.15, 0.2) is 42.6 Å². The Hall–Kier alpha value is -3.35. The van der Waals surface area contributed by atoms with Crippen molar-refractivity contribution in [2.75, 3.05) is 18.6 Å². The van der Waals surface area contributed by atoms with Crippen LogP contribution in [0.1, 0.15) is 15.9 Å². The van der Waals surface area contributed by atoms with Crippen LogP contribution in [0.2, 0.25) is 0 Å². The number of H-pyrrole nitrogens is 1. The zero-order valence-corrected chi connectivity index (χ0v) is 13.5. The summed E-state index contributed by atoms with van der Waals surface area (Å²) in [5.41, 5.74) is 3.03. The molecule has 0 unspecified atom stereocenters. The van der Waals surface area contributed by atoms with Gasteiger partial charge in [-0.15, -0.1) is 0 Å². The van der Waals surface area contributed by atoms with Crippen molar-refractivity contribution >= 4 is 28.2 Å². The number of benzene rings is 2. The van der Waals surface area contributed by atoms with Crippen molar-refractivity contribution in [2.24, 2.45) is 0 Å². The van der Waals surface area contributed by atoms with Gasteiger partial charge >= 0.3 is 0 Å². The second kappa shape index (κ2) is 5.62. The molecule has 2 aromatic carbocycles. The molecule has 0 fully saturated rings. The molecule has 3 aromatic rings. The van der Waals surface area contributed by atoms with E-state index in [9.17, 15) is 14.9 Å². The molecule has 25 heavy (non-hydrogen) atoms. The van der Waals surface area contributed by atoms with Gasteiger partial charge in [-0.25, -0.2) is 0 Å². The SMILES string of the molecule is COc1ccc2c(c1)CCN2C(=O)c1c[nH]c2cc([N+](=O)[O-])ccc12. The molecule has 0 bridgehead atoms. The molecule has 1 aliphatic heterocycles. The molecule has 2 heterocycles. The van der Waals surface area contributed by atoms with E-state index >= 15 is 0 Å². The summed E-state index contributed by atoms with van der Waals surface area (Å²) in [6, 6.07) is 10.1. The number of hydrogen-bond acceptors (Lipinski definition) is 4. The first-order valence-electron chi connectivity index (χ1n) is 7.83. The highest BCUT2D eigenvalue weighted by Crippen LogP contribution is 2.33. The molecule has 0 saturated heterocycles. The first kappa shape index (κ1) is 15.2. The highest BCUT2D eigenvalue weighted by molar-refractivity contribution is 6.14. The predicted molar refractivity (Wildman–Crippen MR) is 93.3 cm³/mol. The number of non-ortho nitro benzene ring substituents is 1. The molecule has 1 N–H and O–H groups in total. The van der Waals surface area contributed by atoms with E-state index in [-0.39, 0.29) is 11.6 Å². The van der Waals surface area contributed by atoms with Crippen molar-refractivity contribution in [1.29, 1.82) is 0 Å². The number of hydrogen-bond donors (Lipinski definition) is 1. The Bertz CT molecular complexity index is 1010. The van der Waals surface area contributed by atoms with E-state index in [4.69, 9.17) is 4.74 Å². The van der Waals surface area contributed by atoms with Gasteiger partial charge in [0, 0.05) is 35.9 Å². The zero-order chi connectivity index (χ0) is 17.6. The first-order valence-corrected chi connectivity index (χ1v) is 7.83. The van der Waals surface area contributed by atoms with Gasteiger partial charge in [0.25, 0.3) is 11.6 Å². The normalized spacial score (nSPS) is 13.1. The van der Waals surface area contributed by atoms with E-state index in [0.29, 0.717) is 23.0 Å². The number of carbonyl (C=O) groups excluding carboxylic acids is 1. The van der Waals surface area contributed by atoms with Gasteiger partial charge in [-0.3, -0.25) is 14.9 Å². The minimum atomic E-state index is -0.453. The van der Waals surface area contributed by atoms with E-state index in [1.165, 1.54) is 12.1 Å². The number of rotatable bonds is 3. The van der Waals surface area contributed by atoms with Crippen LogP contribution < -0.4 is 9.64 Å². The van der Waals surface area contributed by atoms with Gasteiger partial charge in [0.15, 0.2) is 0 Å². The van der Waals surface area contributed by atoms with Gasteiger partial charge in [0.1, 0.15) is 5.75 Å². The summed E-state index contributed by atoms with van der Waals surface area (Å²) < 4.78 is 5.23. The smallest absolute Gasteiger partial charge is 0.271 e. The van der Waals surface area contributed by atoms with Gasteiger partial charge in [-0.1, -0.05) is 0 Å². The molecule has 1 aliphatic rings. The number of amides is 1. The van der Waals surface area contributed by atoms with Crippen molar-refractivity contribution < 1.29 is 14.5 Å². The van der Waals surface area contributed by atoms with Crippen molar-refractivity contribution in [2.45, 2.75) is 6.42 Å². The van der Waals surface area contributed by atoms with E-state index in [1.54, 1.807) is 24.3 Å². The summed E-state index contributed by atoms with van der Waals surface area (Å²) in [6.07, 6.45) is 2.38. The number of methoxy groups -OCH3 is 1. The minimum absolute atomic E-state index is 0.00744. The first-order chi connectivity index (χ1) is 12.1. The number of anilines is 1. The molecule has 7 nitrogen and oxygen atoms in total. The topological polar surface area (TPSA) is 88.5 Å². The lowest BCUT2D eigenvalue weighted by molar-refractivity contribution is -0.384. The van der Waals surface area contributed by atoms with Gasteiger partial charge < -0.3 is 14.6 Å². The molecule has 4 rings (SSSR count). The number of aromatic amines is 1. The van der Waals surface area contributed by atoms with Crippen LogP contribution in [0.25, 0.3) is 10.9 Å². The number of ether oxygens (including phenoxy) is 1. The van der Waals surface area contributed by atoms with Crippen molar-refractivity contribution in [3.63, 3.8) is 0 Å². The van der Waals surface area contributed by atoms with Crippen molar-refractivity contribution in [1.82, 2.24) is 4.98 Å². The summed E-state index contributed by atoms with van der Waals surface area (Å²) in [6.45, 7) is 0.598. The number of carbonyl (C=O) groups is 1. The average Bonchev–Trinajstić information content (AvgIpc) is 3.23. The number of nitrogens with one attached hydrogen (secondary N) is 1. The molecular formula is C18H15N3O4. The minimum Gasteiger partial charge on any atom is -0.497 e. The molecule has 0 aliphatic carbocycles. The maximum Gasteiger partial charge on any atom is 0.271 e. The quantitative estimate of drug-likeness (QED) is 0.587. The molecule has 0 saturated carbocycles. The zero-order valence-electron chi connectivity index (χ0n) is 13.5. The van der Waals surface area contributed by atoms with Crippen LogP contribution in [0.5, 0.6) is 5.75 Å². The van der Waals surface area contributed by atoms with Crippen LogP contribution in [0.3, 0.4) is 0 Å². The Balaban J connectivity index is 1.71. The highest BCUT2D eigenvalue weighted by Gasteiger charge is 2.27. The maximum atomic E-state index is 13.0. The van der Waals surface area contributed by atoms with Crippen LogP contribution >= 0.6 is 0 Å². The lowest BCUT2D eigenvalue weighted by Gasteiger charge is -2.17. The molecule has 1 amide bonds. The molecule has 0 atom stereocenters. The number of aromatic nitrogens is 1. The summed E-state index contributed by atoms with van der Waals surface area (Å²) in [7, 11) is 1.62. The lowest BCUT2D eigenvalue weighted by atomic mass is 10.1. The number of nitro benzene ring substituents is 1. The fourth-order valence-corrected chi connectivity index (χ4v) is 3.27. The van der Waals surface area contributed by atoms with Gasteiger partial charge in [-0.2, -0.15) is 0 Å². The van der Waals surface area contributed by atoms with Crippen molar-refractivity contribution in [3.05, 3.63) is 63.8 Å². The van der Waals surface area contributed by atoms with Gasteiger partial charge in [0.05, 0.1) is 23.1 Å². The fraction of sp³-hybridized carbons (Fsp3) is 0.167. The number of nitrogens with zero attached hydrogens (tertiary/aromatic N) is 2. The third-order valence-corrected chi connectivity index (χ3v) is 4.53. The van der Waals surface area contributed by atoms with Crippen LogP contribution in [-0.2, 0) is 6.42 Å². The summed E-state index contributed by atoms with van der Waals surface area (Å²) >= 11 is 0. The average molecular weight is 337 g/mol. The lowest BCUT2D eigenvalue weighted by Crippen LogP contribution is -2.28. The number of fused-ring (bicyclic) bond motifs is 2. The molecule has 0 spiro atoms. The van der Waals surface area contributed by atoms with E-state index in [0.717, 1.165) is 23.4 Å². The fourth-order valence-electron chi connectivity index (χ4n) is 3.27. The molecular weight excluding hydrogens is 322 g/mol. The predicted octanol–water partition coefficient (Wildman–Crippen LogP) is 3.29. The number of nitro groups is 1. The Kier molecular flexibility index (Phi) is 3.42. The highest BCUT2D eigenvalue weighted by atomic mass is 16.6. The van der Waals surface area contributed by atoms with E-state index < -0.39 is 4.92 Å². The summed E-state index contributed by atoms with van der Waals surface area (Å²) in [4.78, 5) is 28.1. The van der Waals surface area contributed by atoms with Crippen LogP contribution in [0, 0.1) is 10.1 Å². The monoisotopic (exact) mass is 337 g/mol. The second-order valence-electron chi connectivity index (χ2n) is 5.89.